The molecular formula is C10H8BrF2NO2. The van der Waals surface area contributed by atoms with Crippen LogP contribution in [0, 0.1) is 11.6 Å². The maximum absolute atomic E-state index is 13.0. The van der Waals surface area contributed by atoms with Crippen LogP contribution >= 0.6 is 15.9 Å². The van der Waals surface area contributed by atoms with E-state index in [1.807, 2.05) is 0 Å². The highest BCUT2D eigenvalue weighted by atomic mass is 79.9. The van der Waals surface area contributed by atoms with Crippen molar-refractivity contribution in [1.82, 2.24) is 0 Å². The van der Waals surface area contributed by atoms with Crippen LogP contribution in [0.1, 0.15) is 6.42 Å². The molecule has 1 aliphatic heterocycles. The number of anilines is 1. The Kier molecular flexibility index (Phi) is 2.94. The minimum Gasteiger partial charge on any atom is -0.391 e. The molecule has 86 valence electrons. The van der Waals surface area contributed by atoms with Crippen molar-refractivity contribution in [3.05, 3.63) is 28.2 Å². The van der Waals surface area contributed by atoms with Crippen LogP contribution in [0.2, 0.25) is 0 Å². The fourth-order valence-corrected chi connectivity index (χ4v) is 2.17. The monoisotopic (exact) mass is 291 g/mol. The highest BCUT2D eigenvalue weighted by Gasteiger charge is 2.30. The molecular weight excluding hydrogens is 284 g/mol. The van der Waals surface area contributed by atoms with Gasteiger partial charge in [-0.25, -0.2) is 8.78 Å². The van der Waals surface area contributed by atoms with Crippen LogP contribution in [0.4, 0.5) is 14.5 Å². The van der Waals surface area contributed by atoms with E-state index in [-0.39, 0.29) is 29.0 Å². The molecule has 0 bridgehead atoms. The predicted octanol–water partition coefficient (Wildman–Crippen LogP) is 1.82. The van der Waals surface area contributed by atoms with Crippen LogP contribution in [0.3, 0.4) is 0 Å². The zero-order valence-corrected chi connectivity index (χ0v) is 9.67. The summed E-state index contributed by atoms with van der Waals surface area (Å²) >= 11 is 3.06. The van der Waals surface area contributed by atoms with Crippen molar-refractivity contribution in [3.8, 4) is 0 Å². The first kappa shape index (κ1) is 11.5. The van der Waals surface area contributed by atoms with E-state index in [4.69, 9.17) is 0 Å². The van der Waals surface area contributed by atoms with Gasteiger partial charge in [-0.1, -0.05) is 0 Å². The van der Waals surface area contributed by atoms with Crippen molar-refractivity contribution >= 4 is 27.5 Å². The SMILES string of the molecule is O=C1CC(O)CN1c1cc(F)c(F)cc1Br. The van der Waals surface area contributed by atoms with Crippen LogP contribution in [-0.4, -0.2) is 23.7 Å². The normalized spacial score (nSPS) is 20.6. The summed E-state index contributed by atoms with van der Waals surface area (Å²) in [6.07, 6.45) is -0.752. The number of β-amino-alcohol motifs (C(OH)–C–C–N with tert-alkyl or cyclic N) is 1. The standard InChI is InChI=1S/C10H8BrF2NO2/c11-6-2-7(12)8(13)3-9(6)14-4-5(15)1-10(14)16/h2-3,5,15H,1,4H2. The van der Waals surface area contributed by atoms with E-state index in [1.165, 1.54) is 4.90 Å². The fraction of sp³-hybridized carbons (Fsp3) is 0.300. The number of amides is 1. The third kappa shape index (κ3) is 1.94. The van der Waals surface area contributed by atoms with Crippen molar-refractivity contribution in [1.29, 1.82) is 0 Å². The smallest absolute Gasteiger partial charge is 0.229 e. The summed E-state index contributed by atoms with van der Waals surface area (Å²) < 4.78 is 26.2. The first-order chi connectivity index (χ1) is 7.49. The predicted molar refractivity (Wildman–Crippen MR) is 57.0 cm³/mol. The Bertz CT molecular complexity index is 453. The number of hydrogen-bond donors (Lipinski definition) is 1. The molecule has 0 aromatic heterocycles. The van der Waals surface area contributed by atoms with E-state index in [0.717, 1.165) is 12.1 Å². The molecule has 1 amide bonds. The Morgan fingerprint density at radius 3 is 2.56 bits per heavy atom. The van der Waals surface area contributed by atoms with Crippen LogP contribution < -0.4 is 4.90 Å². The Labute approximate surface area is 98.8 Å². The number of halogens is 3. The molecule has 1 saturated heterocycles. The Morgan fingerprint density at radius 1 is 1.38 bits per heavy atom. The van der Waals surface area contributed by atoms with Crippen LogP contribution in [0.15, 0.2) is 16.6 Å². The van der Waals surface area contributed by atoms with Gasteiger partial charge in [0.2, 0.25) is 5.91 Å². The molecule has 1 fully saturated rings. The highest BCUT2D eigenvalue weighted by Crippen LogP contribution is 2.31. The molecule has 1 unspecified atom stereocenters. The zero-order chi connectivity index (χ0) is 11.9. The van der Waals surface area contributed by atoms with Gasteiger partial charge in [0, 0.05) is 10.5 Å². The van der Waals surface area contributed by atoms with Crippen molar-refractivity contribution in [2.24, 2.45) is 0 Å². The van der Waals surface area contributed by atoms with Crippen LogP contribution in [-0.2, 0) is 4.79 Å². The van der Waals surface area contributed by atoms with E-state index in [2.05, 4.69) is 15.9 Å². The molecule has 16 heavy (non-hydrogen) atoms. The van der Waals surface area contributed by atoms with E-state index in [1.54, 1.807) is 0 Å². The third-order valence-corrected chi connectivity index (χ3v) is 3.02. The molecule has 6 heteroatoms. The summed E-state index contributed by atoms with van der Waals surface area (Å²) in [5.74, 6) is -2.31. The van der Waals surface area contributed by atoms with Gasteiger partial charge in [0.15, 0.2) is 11.6 Å². The highest BCUT2D eigenvalue weighted by molar-refractivity contribution is 9.10. The van der Waals surface area contributed by atoms with Gasteiger partial charge in [0.05, 0.1) is 24.8 Å². The van der Waals surface area contributed by atoms with E-state index < -0.39 is 17.7 Å². The second kappa shape index (κ2) is 4.10. The molecule has 1 N–H and O–H groups in total. The molecule has 1 aliphatic rings. The zero-order valence-electron chi connectivity index (χ0n) is 8.08. The second-order valence-corrected chi connectivity index (χ2v) is 4.43. The van der Waals surface area contributed by atoms with Crippen molar-refractivity contribution in [3.63, 3.8) is 0 Å². The summed E-state index contributed by atoms with van der Waals surface area (Å²) in [7, 11) is 0. The minimum absolute atomic E-state index is 0.00539. The topological polar surface area (TPSA) is 40.5 Å². The largest absolute Gasteiger partial charge is 0.391 e. The summed E-state index contributed by atoms with van der Waals surface area (Å²) in [4.78, 5) is 12.7. The third-order valence-electron chi connectivity index (χ3n) is 2.39. The number of carbonyl (C=O) groups excluding carboxylic acids is 1. The molecule has 0 spiro atoms. The number of nitrogens with zero attached hydrogens (tertiary/aromatic N) is 1. The van der Waals surface area contributed by atoms with Crippen molar-refractivity contribution in [2.45, 2.75) is 12.5 Å². The lowest BCUT2D eigenvalue weighted by atomic mass is 10.3. The first-order valence-corrected chi connectivity index (χ1v) is 5.41. The average molecular weight is 292 g/mol. The lowest BCUT2D eigenvalue weighted by Crippen LogP contribution is -2.25. The summed E-state index contributed by atoms with van der Waals surface area (Å²) in [5, 5.41) is 9.30. The lowest BCUT2D eigenvalue weighted by Gasteiger charge is -2.17. The summed E-state index contributed by atoms with van der Waals surface area (Å²) in [5.41, 5.74) is 0.237. The number of benzene rings is 1. The Morgan fingerprint density at radius 2 is 2.00 bits per heavy atom. The number of hydrogen-bond acceptors (Lipinski definition) is 2. The Hall–Kier alpha value is -1.01. The Balaban J connectivity index is 2.41. The van der Waals surface area contributed by atoms with Gasteiger partial charge >= 0.3 is 0 Å². The maximum Gasteiger partial charge on any atom is 0.229 e. The van der Waals surface area contributed by atoms with Crippen molar-refractivity contribution < 1.29 is 18.7 Å². The number of carbonyl (C=O) groups is 1. The second-order valence-electron chi connectivity index (χ2n) is 3.58. The molecule has 0 saturated carbocycles. The van der Waals surface area contributed by atoms with E-state index >= 15 is 0 Å². The van der Waals surface area contributed by atoms with E-state index in [0.29, 0.717) is 0 Å². The molecule has 3 nitrogen and oxygen atoms in total. The summed E-state index contributed by atoms with van der Waals surface area (Å²) in [6.45, 7) is 0.0997. The molecule has 2 rings (SSSR count). The first-order valence-electron chi connectivity index (χ1n) is 4.62. The average Bonchev–Trinajstić information content (AvgIpc) is 2.51. The van der Waals surface area contributed by atoms with Gasteiger partial charge in [0.1, 0.15) is 0 Å². The van der Waals surface area contributed by atoms with Gasteiger partial charge in [-0.05, 0) is 22.0 Å². The number of aliphatic hydroxyl groups is 1. The fourth-order valence-electron chi connectivity index (χ4n) is 1.64. The van der Waals surface area contributed by atoms with Gasteiger partial charge < -0.3 is 10.0 Å². The molecule has 0 aliphatic carbocycles. The lowest BCUT2D eigenvalue weighted by molar-refractivity contribution is -0.117. The van der Waals surface area contributed by atoms with Crippen LogP contribution in [0.5, 0.6) is 0 Å². The molecule has 1 aromatic carbocycles. The molecule has 1 atom stereocenters. The number of aliphatic hydroxyl groups excluding tert-OH is 1. The van der Waals surface area contributed by atoms with E-state index in [9.17, 15) is 18.7 Å². The van der Waals surface area contributed by atoms with Crippen molar-refractivity contribution in [2.75, 3.05) is 11.4 Å². The molecule has 1 heterocycles. The summed E-state index contributed by atoms with van der Waals surface area (Å²) in [6, 6.07) is 1.90. The van der Waals surface area contributed by atoms with Crippen LogP contribution in [0.25, 0.3) is 0 Å². The number of rotatable bonds is 1. The van der Waals surface area contributed by atoms with Gasteiger partial charge in [-0.15, -0.1) is 0 Å². The maximum atomic E-state index is 13.0. The molecule has 1 aromatic rings. The van der Waals surface area contributed by atoms with Gasteiger partial charge in [0.25, 0.3) is 0 Å². The molecule has 0 radical (unpaired) electrons. The quantitative estimate of drug-likeness (QED) is 0.802. The van der Waals surface area contributed by atoms with Gasteiger partial charge in [-0.3, -0.25) is 4.79 Å². The van der Waals surface area contributed by atoms with Gasteiger partial charge in [-0.2, -0.15) is 0 Å². The minimum atomic E-state index is -1.02.